The van der Waals surface area contributed by atoms with E-state index >= 15 is 0 Å². The Morgan fingerprint density at radius 3 is 2.72 bits per heavy atom. The van der Waals surface area contributed by atoms with Gasteiger partial charge in [-0.2, -0.15) is 22.4 Å². The molecule has 0 aromatic carbocycles. The molecule has 1 fully saturated rings. The van der Waals surface area contributed by atoms with E-state index in [1.165, 1.54) is 11.4 Å². The van der Waals surface area contributed by atoms with Crippen molar-refractivity contribution in [2.75, 3.05) is 7.05 Å². The third-order valence-corrected chi connectivity index (χ3v) is 4.29. The van der Waals surface area contributed by atoms with E-state index in [0.717, 1.165) is 12.8 Å². The maximum Gasteiger partial charge on any atom is 0.279 e. The van der Waals surface area contributed by atoms with Gasteiger partial charge in [0.15, 0.2) is 5.82 Å². The summed E-state index contributed by atoms with van der Waals surface area (Å²) in [6.45, 7) is 3.65. The van der Waals surface area contributed by atoms with Crippen molar-refractivity contribution in [3.8, 4) is 0 Å². The highest BCUT2D eigenvalue weighted by molar-refractivity contribution is 7.87. The number of nitrogens with zero attached hydrogens (tertiary/aromatic N) is 3. The van der Waals surface area contributed by atoms with Gasteiger partial charge in [-0.25, -0.2) is 0 Å². The van der Waals surface area contributed by atoms with Crippen LogP contribution >= 0.6 is 0 Å². The lowest BCUT2D eigenvalue weighted by Gasteiger charge is -2.17. The molecule has 0 atom stereocenters. The molecule has 0 amide bonds. The molecule has 1 heterocycles. The first-order chi connectivity index (χ1) is 8.38. The van der Waals surface area contributed by atoms with Crippen LogP contribution in [0.1, 0.15) is 44.3 Å². The number of nitrogens with one attached hydrogen (secondary N) is 1. The van der Waals surface area contributed by atoms with Gasteiger partial charge in [-0.15, -0.1) is 0 Å². The fourth-order valence-corrected chi connectivity index (χ4v) is 2.56. The Labute approximate surface area is 107 Å². The van der Waals surface area contributed by atoms with Gasteiger partial charge in [0.2, 0.25) is 5.89 Å². The monoisotopic (exact) mass is 274 g/mol. The minimum atomic E-state index is -3.49. The van der Waals surface area contributed by atoms with Crippen molar-refractivity contribution >= 4 is 10.2 Å². The largest absolute Gasteiger partial charge is 0.339 e. The van der Waals surface area contributed by atoms with Crippen LogP contribution in [-0.2, 0) is 16.8 Å². The SMILES string of the molecule is CC(C)NS(=O)(=O)N(C)Cc1noc(C2CC2)n1. The summed E-state index contributed by atoms with van der Waals surface area (Å²) in [5, 5.41) is 3.79. The second-order valence-electron chi connectivity index (χ2n) is 4.86. The molecule has 102 valence electrons. The summed E-state index contributed by atoms with van der Waals surface area (Å²) >= 11 is 0. The number of hydrogen-bond donors (Lipinski definition) is 1. The van der Waals surface area contributed by atoms with E-state index in [1.807, 2.05) is 0 Å². The van der Waals surface area contributed by atoms with E-state index in [-0.39, 0.29) is 12.6 Å². The molecular weight excluding hydrogens is 256 g/mol. The number of aromatic nitrogens is 2. The van der Waals surface area contributed by atoms with Crippen molar-refractivity contribution in [3.05, 3.63) is 11.7 Å². The first kappa shape index (κ1) is 13.4. The van der Waals surface area contributed by atoms with Crippen LogP contribution in [0.3, 0.4) is 0 Å². The zero-order chi connectivity index (χ0) is 13.3. The molecule has 0 saturated heterocycles. The zero-order valence-electron chi connectivity index (χ0n) is 10.8. The number of rotatable bonds is 6. The maximum atomic E-state index is 11.8. The lowest BCUT2D eigenvalue weighted by atomic mass is 10.4. The molecule has 0 unspecified atom stereocenters. The van der Waals surface area contributed by atoms with Gasteiger partial charge in [0, 0.05) is 19.0 Å². The fourth-order valence-electron chi connectivity index (χ4n) is 1.50. The second kappa shape index (κ2) is 4.94. The predicted octanol–water partition coefficient (Wildman–Crippen LogP) is 0.622. The molecule has 1 aliphatic carbocycles. The van der Waals surface area contributed by atoms with Crippen molar-refractivity contribution in [2.45, 2.75) is 45.2 Å². The van der Waals surface area contributed by atoms with Crippen molar-refractivity contribution in [1.29, 1.82) is 0 Å². The fraction of sp³-hybridized carbons (Fsp3) is 0.800. The zero-order valence-corrected chi connectivity index (χ0v) is 11.6. The summed E-state index contributed by atoms with van der Waals surface area (Å²) in [4.78, 5) is 4.19. The first-order valence-corrected chi connectivity index (χ1v) is 7.38. The van der Waals surface area contributed by atoms with E-state index in [1.54, 1.807) is 13.8 Å². The van der Waals surface area contributed by atoms with Crippen LogP contribution in [0, 0.1) is 0 Å². The quantitative estimate of drug-likeness (QED) is 0.821. The van der Waals surface area contributed by atoms with Gasteiger partial charge in [-0.3, -0.25) is 0 Å². The molecule has 0 radical (unpaired) electrons. The number of hydrogen-bond acceptors (Lipinski definition) is 5. The van der Waals surface area contributed by atoms with Crippen LogP contribution in [0.15, 0.2) is 4.52 Å². The molecule has 18 heavy (non-hydrogen) atoms. The molecule has 1 N–H and O–H groups in total. The smallest absolute Gasteiger partial charge is 0.279 e. The van der Waals surface area contributed by atoms with Gasteiger partial charge in [0.05, 0.1) is 6.54 Å². The summed E-state index contributed by atoms with van der Waals surface area (Å²) in [5.41, 5.74) is 0. The van der Waals surface area contributed by atoms with E-state index in [0.29, 0.717) is 17.6 Å². The average Bonchev–Trinajstić information content (AvgIpc) is 2.98. The maximum absolute atomic E-state index is 11.8. The summed E-state index contributed by atoms with van der Waals surface area (Å²) in [5.74, 6) is 1.39. The standard InChI is InChI=1S/C10H18N4O3S/c1-7(2)13-18(15,16)14(3)6-9-11-10(17-12-9)8-4-5-8/h7-8,13H,4-6H2,1-3H3. The highest BCUT2D eigenvalue weighted by Crippen LogP contribution is 2.38. The highest BCUT2D eigenvalue weighted by atomic mass is 32.2. The predicted molar refractivity (Wildman–Crippen MR) is 64.9 cm³/mol. The Balaban J connectivity index is 1.99. The Hall–Kier alpha value is -0.990. The third-order valence-electron chi connectivity index (χ3n) is 2.57. The van der Waals surface area contributed by atoms with Crippen LogP contribution in [0.5, 0.6) is 0 Å². The van der Waals surface area contributed by atoms with Crippen molar-refractivity contribution in [2.24, 2.45) is 0 Å². The van der Waals surface area contributed by atoms with Crippen LogP contribution in [0.25, 0.3) is 0 Å². The van der Waals surface area contributed by atoms with Gasteiger partial charge in [-0.05, 0) is 26.7 Å². The topological polar surface area (TPSA) is 88.3 Å². The minimum absolute atomic E-state index is 0.109. The van der Waals surface area contributed by atoms with Crippen molar-refractivity contribution in [1.82, 2.24) is 19.2 Å². The molecule has 8 heteroatoms. The highest BCUT2D eigenvalue weighted by Gasteiger charge is 2.30. The van der Waals surface area contributed by atoms with Gasteiger partial charge in [0.1, 0.15) is 0 Å². The van der Waals surface area contributed by atoms with Gasteiger partial charge in [-0.1, -0.05) is 5.16 Å². The molecule has 0 bridgehead atoms. The summed E-state index contributed by atoms with van der Waals surface area (Å²) in [7, 11) is -2.01. The van der Waals surface area contributed by atoms with E-state index in [9.17, 15) is 8.42 Å². The summed E-state index contributed by atoms with van der Waals surface area (Å²) in [6, 6.07) is -0.148. The Morgan fingerprint density at radius 2 is 2.17 bits per heavy atom. The van der Waals surface area contributed by atoms with Crippen LogP contribution < -0.4 is 4.72 Å². The third kappa shape index (κ3) is 3.27. The van der Waals surface area contributed by atoms with Crippen molar-refractivity contribution < 1.29 is 12.9 Å². The molecule has 1 aliphatic rings. The lowest BCUT2D eigenvalue weighted by molar-refractivity contribution is 0.365. The summed E-state index contributed by atoms with van der Waals surface area (Å²) < 4.78 is 32.4. The minimum Gasteiger partial charge on any atom is -0.339 e. The van der Waals surface area contributed by atoms with Crippen LogP contribution in [-0.4, -0.2) is 36.0 Å². The average molecular weight is 274 g/mol. The van der Waals surface area contributed by atoms with Gasteiger partial charge in [0.25, 0.3) is 10.2 Å². The van der Waals surface area contributed by atoms with Gasteiger partial charge < -0.3 is 4.52 Å². The van der Waals surface area contributed by atoms with E-state index in [2.05, 4.69) is 14.9 Å². The molecule has 1 aromatic heterocycles. The molecule has 0 aliphatic heterocycles. The molecule has 2 rings (SSSR count). The molecule has 1 aromatic rings. The molecular formula is C10H18N4O3S. The summed E-state index contributed by atoms with van der Waals surface area (Å²) in [6.07, 6.45) is 2.15. The van der Waals surface area contributed by atoms with Crippen LogP contribution in [0.2, 0.25) is 0 Å². The Bertz CT molecular complexity index is 507. The van der Waals surface area contributed by atoms with Crippen molar-refractivity contribution in [3.63, 3.8) is 0 Å². The Morgan fingerprint density at radius 1 is 1.50 bits per heavy atom. The van der Waals surface area contributed by atoms with Gasteiger partial charge >= 0.3 is 0 Å². The Kier molecular flexibility index (Phi) is 3.69. The second-order valence-corrected chi connectivity index (χ2v) is 6.67. The normalized spacial score (nSPS) is 16.7. The molecule has 7 nitrogen and oxygen atoms in total. The molecule has 1 saturated carbocycles. The van der Waals surface area contributed by atoms with Crippen LogP contribution in [0.4, 0.5) is 0 Å². The molecule has 0 spiro atoms. The van der Waals surface area contributed by atoms with E-state index in [4.69, 9.17) is 4.52 Å². The first-order valence-electron chi connectivity index (χ1n) is 5.94. The lowest BCUT2D eigenvalue weighted by Crippen LogP contribution is -2.41. The van der Waals surface area contributed by atoms with E-state index < -0.39 is 10.2 Å².